The van der Waals surface area contributed by atoms with E-state index in [-0.39, 0.29) is 19.0 Å². The molecule has 9 heteroatoms. The van der Waals surface area contributed by atoms with Crippen molar-refractivity contribution in [3.63, 3.8) is 0 Å². The highest BCUT2D eigenvalue weighted by molar-refractivity contribution is 7.22. The van der Waals surface area contributed by atoms with Crippen LogP contribution in [0.25, 0.3) is 21.3 Å². The lowest BCUT2D eigenvalue weighted by atomic mass is 10.2. The van der Waals surface area contributed by atoms with Crippen LogP contribution < -0.4 is 15.4 Å². The van der Waals surface area contributed by atoms with E-state index in [0.29, 0.717) is 27.5 Å². The second-order valence-corrected chi connectivity index (χ2v) is 8.50. The zero-order chi connectivity index (χ0) is 22.9. The molecule has 0 aliphatic rings. The summed E-state index contributed by atoms with van der Waals surface area (Å²) in [6, 6.07) is 14.6. The third kappa shape index (κ3) is 3.87. The minimum atomic E-state index is -0.576. The number of pyridine rings is 1. The Balaban J connectivity index is 1.58. The van der Waals surface area contributed by atoms with E-state index in [4.69, 9.17) is 14.1 Å². The Morgan fingerprint density at radius 2 is 2.03 bits per heavy atom. The van der Waals surface area contributed by atoms with E-state index in [1.807, 2.05) is 31.2 Å². The van der Waals surface area contributed by atoms with Crippen molar-refractivity contribution in [2.75, 3.05) is 12.0 Å². The van der Waals surface area contributed by atoms with Crippen LogP contribution in [0.4, 0.5) is 5.13 Å². The molecule has 0 N–H and O–H groups in total. The van der Waals surface area contributed by atoms with Gasteiger partial charge in [-0.1, -0.05) is 35.6 Å². The van der Waals surface area contributed by atoms with Crippen molar-refractivity contribution in [2.45, 2.75) is 20.0 Å². The number of fused-ring (bicyclic) bond motifs is 2. The number of para-hydroxylation sites is 2. The molecular formula is C24H20N4O4S. The van der Waals surface area contributed by atoms with Crippen molar-refractivity contribution in [3.05, 3.63) is 82.6 Å². The standard InChI is InChI=1S/C24H20N4O4S/c1-15-9-10-19(31-2)21-22(15)33-23(26-21)28(13-16-6-5-11-25-12-16)20(29)14-27-17-7-3-4-8-18(17)32-24(27)30/h3-12H,13-14H2,1-2H3. The van der Waals surface area contributed by atoms with Crippen molar-refractivity contribution in [3.8, 4) is 5.75 Å². The van der Waals surface area contributed by atoms with Gasteiger partial charge in [-0.05, 0) is 42.3 Å². The molecule has 166 valence electrons. The molecule has 1 amide bonds. The first-order valence-corrected chi connectivity index (χ1v) is 11.1. The summed E-state index contributed by atoms with van der Waals surface area (Å²) in [5.41, 5.74) is 3.60. The molecule has 8 nitrogen and oxygen atoms in total. The summed E-state index contributed by atoms with van der Waals surface area (Å²) >= 11 is 1.41. The van der Waals surface area contributed by atoms with Gasteiger partial charge in [0.2, 0.25) is 5.91 Å². The van der Waals surface area contributed by atoms with Crippen molar-refractivity contribution in [1.82, 2.24) is 14.5 Å². The quantitative estimate of drug-likeness (QED) is 0.378. The second kappa shape index (κ2) is 8.51. The Bertz CT molecular complexity index is 1520. The summed E-state index contributed by atoms with van der Waals surface area (Å²) < 4.78 is 13.1. The molecule has 5 aromatic rings. The van der Waals surface area contributed by atoms with E-state index in [2.05, 4.69) is 4.98 Å². The summed E-state index contributed by atoms with van der Waals surface area (Å²) in [5, 5.41) is 0.521. The maximum Gasteiger partial charge on any atom is 0.420 e. The number of anilines is 1. The summed E-state index contributed by atoms with van der Waals surface area (Å²) in [4.78, 5) is 36.5. The number of aryl methyl sites for hydroxylation is 1. The van der Waals surface area contributed by atoms with Gasteiger partial charge >= 0.3 is 5.76 Å². The van der Waals surface area contributed by atoms with Crippen molar-refractivity contribution in [1.29, 1.82) is 0 Å². The van der Waals surface area contributed by atoms with Crippen LogP contribution in [-0.4, -0.2) is 27.6 Å². The topological polar surface area (TPSA) is 90.5 Å². The van der Waals surface area contributed by atoms with Gasteiger partial charge in [-0.3, -0.25) is 19.2 Å². The van der Waals surface area contributed by atoms with Gasteiger partial charge in [0.1, 0.15) is 17.8 Å². The maximum absolute atomic E-state index is 13.6. The summed E-state index contributed by atoms with van der Waals surface area (Å²) in [5.74, 6) is -0.222. The van der Waals surface area contributed by atoms with E-state index < -0.39 is 5.76 Å². The van der Waals surface area contributed by atoms with Gasteiger partial charge in [0.25, 0.3) is 0 Å². The highest BCUT2D eigenvalue weighted by Crippen LogP contribution is 2.37. The SMILES string of the molecule is COc1ccc(C)c2sc(N(Cc3cccnc3)C(=O)Cn3c(=O)oc4ccccc43)nc12. The Kier molecular flexibility index (Phi) is 5.39. The number of amides is 1. The van der Waals surface area contributed by atoms with Gasteiger partial charge in [-0.25, -0.2) is 9.78 Å². The van der Waals surface area contributed by atoms with E-state index in [1.165, 1.54) is 15.9 Å². The molecule has 2 aromatic carbocycles. The molecule has 0 saturated heterocycles. The average molecular weight is 461 g/mol. The fourth-order valence-corrected chi connectivity index (χ4v) is 4.77. The van der Waals surface area contributed by atoms with Crippen LogP contribution in [0.2, 0.25) is 0 Å². The highest BCUT2D eigenvalue weighted by atomic mass is 32.1. The smallest absolute Gasteiger partial charge is 0.420 e. The third-order valence-corrected chi connectivity index (χ3v) is 6.59. The third-order valence-electron chi connectivity index (χ3n) is 5.37. The molecule has 0 unspecified atom stereocenters. The monoisotopic (exact) mass is 460 g/mol. The molecule has 0 spiro atoms. The normalized spacial score (nSPS) is 11.2. The first kappa shape index (κ1) is 20.9. The molecule has 0 aliphatic heterocycles. The number of carbonyl (C=O) groups excluding carboxylic acids is 1. The van der Waals surface area contributed by atoms with E-state index in [9.17, 15) is 9.59 Å². The molecule has 3 heterocycles. The Morgan fingerprint density at radius 3 is 2.82 bits per heavy atom. The molecule has 33 heavy (non-hydrogen) atoms. The van der Waals surface area contributed by atoms with Crippen molar-refractivity contribution in [2.24, 2.45) is 0 Å². The molecule has 0 atom stereocenters. The molecular weight excluding hydrogens is 440 g/mol. The van der Waals surface area contributed by atoms with E-state index >= 15 is 0 Å². The fraction of sp³-hybridized carbons (Fsp3) is 0.167. The first-order valence-electron chi connectivity index (χ1n) is 10.3. The number of aromatic nitrogens is 3. The minimum absolute atomic E-state index is 0.178. The largest absolute Gasteiger partial charge is 0.494 e. The molecule has 0 aliphatic carbocycles. The molecule has 5 rings (SSSR count). The van der Waals surface area contributed by atoms with Gasteiger partial charge < -0.3 is 9.15 Å². The van der Waals surface area contributed by atoms with Crippen LogP contribution >= 0.6 is 11.3 Å². The fourth-order valence-electron chi connectivity index (χ4n) is 3.70. The van der Waals surface area contributed by atoms with Crippen LogP contribution in [0.1, 0.15) is 11.1 Å². The highest BCUT2D eigenvalue weighted by Gasteiger charge is 2.24. The lowest BCUT2D eigenvalue weighted by Gasteiger charge is -2.20. The number of hydrogen-bond donors (Lipinski definition) is 0. The van der Waals surface area contributed by atoms with Crippen LogP contribution in [0, 0.1) is 6.92 Å². The number of benzene rings is 2. The molecule has 0 fully saturated rings. The zero-order valence-electron chi connectivity index (χ0n) is 18.0. The van der Waals surface area contributed by atoms with Crippen LogP contribution in [0.3, 0.4) is 0 Å². The van der Waals surface area contributed by atoms with Crippen molar-refractivity contribution < 1.29 is 13.9 Å². The number of carbonyl (C=O) groups is 1. The van der Waals surface area contributed by atoms with E-state index in [1.54, 1.807) is 48.7 Å². The zero-order valence-corrected chi connectivity index (χ0v) is 18.8. The molecule has 0 bridgehead atoms. The lowest BCUT2D eigenvalue weighted by molar-refractivity contribution is -0.119. The van der Waals surface area contributed by atoms with Crippen LogP contribution in [-0.2, 0) is 17.9 Å². The average Bonchev–Trinajstić information content (AvgIpc) is 3.41. The second-order valence-electron chi connectivity index (χ2n) is 7.52. The number of nitrogens with zero attached hydrogens (tertiary/aromatic N) is 4. The van der Waals surface area contributed by atoms with Crippen LogP contribution in [0.5, 0.6) is 5.75 Å². The first-order chi connectivity index (χ1) is 16.0. The summed E-state index contributed by atoms with van der Waals surface area (Å²) in [6.45, 7) is 2.08. The summed E-state index contributed by atoms with van der Waals surface area (Å²) in [7, 11) is 1.60. The minimum Gasteiger partial charge on any atom is -0.494 e. The predicted molar refractivity (Wildman–Crippen MR) is 127 cm³/mol. The number of hydrogen-bond acceptors (Lipinski definition) is 7. The lowest BCUT2D eigenvalue weighted by Crippen LogP contribution is -2.35. The molecule has 0 radical (unpaired) electrons. The van der Waals surface area contributed by atoms with Crippen molar-refractivity contribution >= 4 is 43.7 Å². The van der Waals surface area contributed by atoms with Gasteiger partial charge in [-0.2, -0.15) is 0 Å². The number of methoxy groups -OCH3 is 1. The number of rotatable bonds is 6. The Morgan fingerprint density at radius 1 is 1.18 bits per heavy atom. The van der Waals surface area contributed by atoms with Gasteiger partial charge in [0.15, 0.2) is 10.7 Å². The maximum atomic E-state index is 13.6. The van der Waals surface area contributed by atoms with Gasteiger partial charge in [-0.15, -0.1) is 0 Å². The number of ether oxygens (including phenoxy) is 1. The van der Waals surface area contributed by atoms with E-state index in [0.717, 1.165) is 15.8 Å². The van der Waals surface area contributed by atoms with Gasteiger partial charge in [0, 0.05) is 12.4 Å². The van der Waals surface area contributed by atoms with Gasteiger partial charge in [0.05, 0.1) is 23.9 Å². The molecule has 3 aromatic heterocycles. The number of thiazole rings is 1. The Labute approximate surface area is 192 Å². The summed E-state index contributed by atoms with van der Waals surface area (Å²) in [6.07, 6.45) is 3.39. The number of oxazole rings is 1. The predicted octanol–water partition coefficient (Wildman–Crippen LogP) is 4.15. The Hall–Kier alpha value is -3.98. The molecule has 0 saturated carbocycles. The van der Waals surface area contributed by atoms with Crippen LogP contribution in [0.15, 0.2) is 70.1 Å².